The second-order valence-electron chi connectivity index (χ2n) is 4.77. The largest absolute Gasteiger partial charge is 0.350 e. The fourth-order valence-electron chi connectivity index (χ4n) is 2.44. The number of carbonyl (C=O) groups is 1. The van der Waals surface area contributed by atoms with E-state index in [1.54, 1.807) is 5.38 Å². The third kappa shape index (κ3) is 2.66. The summed E-state index contributed by atoms with van der Waals surface area (Å²) in [6.07, 6.45) is 0. The van der Waals surface area contributed by atoms with E-state index in [4.69, 9.17) is 0 Å². The first-order valence-corrected chi connectivity index (χ1v) is 7.35. The minimum Gasteiger partial charge on any atom is -0.350 e. The number of rotatable bonds is 3. The van der Waals surface area contributed by atoms with Crippen LogP contribution in [0.3, 0.4) is 0 Å². The lowest BCUT2D eigenvalue weighted by molar-refractivity contribution is -0.122. The molecule has 1 aliphatic heterocycles. The molecule has 0 saturated heterocycles. The van der Waals surface area contributed by atoms with Crippen LogP contribution in [0.15, 0.2) is 34.4 Å². The number of H-pyrrole nitrogens is 1. The number of amides is 1. The number of aromatic nitrogens is 1. The van der Waals surface area contributed by atoms with Gasteiger partial charge in [0.05, 0.1) is 12.5 Å². The highest BCUT2D eigenvalue weighted by molar-refractivity contribution is 7.07. The molecule has 1 unspecified atom stereocenters. The summed E-state index contributed by atoms with van der Waals surface area (Å²) in [6, 6.07) is 7.99. The zero-order chi connectivity index (χ0) is 13.9. The summed E-state index contributed by atoms with van der Waals surface area (Å²) in [5.41, 5.74) is 3.00. The summed E-state index contributed by atoms with van der Waals surface area (Å²) >= 11 is 1.11. The first-order valence-electron chi connectivity index (χ1n) is 6.47. The normalized spacial score (nSPS) is 17.5. The van der Waals surface area contributed by atoms with Gasteiger partial charge in [0.2, 0.25) is 5.91 Å². The van der Waals surface area contributed by atoms with Crippen molar-refractivity contribution in [2.75, 3.05) is 6.54 Å². The van der Waals surface area contributed by atoms with Crippen molar-refractivity contribution in [2.45, 2.75) is 19.0 Å². The van der Waals surface area contributed by atoms with Gasteiger partial charge in [-0.15, -0.1) is 0 Å². The SMILES string of the molecule is O=C(NCc1csc(=O)[nH]1)C1CNCc2ccccc21. The molecule has 1 amide bonds. The molecule has 0 bridgehead atoms. The minimum absolute atomic E-state index is 0.0169. The fourth-order valence-corrected chi connectivity index (χ4v) is 3.02. The van der Waals surface area contributed by atoms with Crippen LogP contribution in [0.5, 0.6) is 0 Å². The van der Waals surface area contributed by atoms with Crippen LogP contribution < -0.4 is 15.5 Å². The maximum Gasteiger partial charge on any atom is 0.304 e. The van der Waals surface area contributed by atoms with E-state index in [1.807, 2.05) is 24.3 Å². The monoisotopic (exact) mass is 289 g/mol. The van der Waals surface area contributed by atoms with Gasteiger partial charge in [0, 0.05) is 24.2 Å². The molecular formula is C14H15N3O2S. The molecule has 1 aromatic heterocycles. The molecule has 0 aliphatic carbocycles. The highest BCUT2D eigenvalue weighted by atomic mass is 32.1. The summed E-state index contributed by atoms with van der Waals surface area (Å²) < 4.78 is 0. The zero-order valence-corrected chi connectivity index (χ0v) is 11.6. The molecule has 20 heavy (non-hydrogen) atoms. The third-order valence-electron chi connectivity index (χ3n) is 3.43. The molecule has 1 aliphatic rings. The van der Waals surface area contributed by atoms with Gasteiger partial charge in [0.25, 0.3) is 0 Å². The van der Waals surface area contributed by atoms with Crippen molar-refractivity contribution in [3.63, 3.8) is 0 Å². The summed E-state index contributed by atoms with van der Waals surface area (Å²) in [4.78, 5) is 25.9. The summed E-state index contributed by atoms with van der Waals surface area (Å²) in [7, 11) is 0. The molecule has 2 heterocycles. The Morgan fingerprint density at radius 1 is 1.40 bits per heavy atom. The van der Waals surface area contributed by atoms with Crippen LogP contribution >= 0.6 is 11.3 Å². The van der Waals surface area contributed by atoms with Gasteiger partial charge in [-0.3, -0.25) is 9.59 Å². The Morgan fingerprint density at radius 2 is 2.25 bits per heavy atom. The van der Waals surface area contributed by atoms with Crippen LogP contribution in [0.1, 0.15) is 22.7 Å². The Morgan fingerprint density at radius 3 is 3.05 bits per heavy atom. The van der Waals surface area contributed by atoms with Crippen LogP contribution in [-0.2, 0) is 17.9 Å². The lowest BCUT2D eigenvalue weighted by atomic mass is 9.90. The van der Waals surface area contributed by atoms with Gasteiger partial charge in [-0.05, 0) is 11.1 Å². The van der Waals surface area contributed by atoms with E-state index in [0.717, 1.165) is 29.1 Å². The maximum absolute atomic E-state index is 12.3. The van der Waals surface area contributed by atoms with Gasteiger partial charge in [-0.25, -0.2) is 0 Å². The molecule has 1 atom stereocenters. The molecular weight excluding hydrogens is 274 g/mol. The van der Waals surface area contributed by atoms with E-state index >= 15 is 0 Å². The van der Waals surface area contributed by atoms with Gasteiger partial charge in [-0.2, -0.15) is 0 Å². The number of hydrogen-bond acceptors (Lipinski definition) is 4. The van der Waals surface area contributed by atoms with E-state index in [2.05, 4.69) is 15.6 Å². The average molecular weight is 289 g/mol. The first kappa shape index (κ1) is 13.1. The minimum atomic E-state index is -0.176. The average Bonchev–Trinajstić information content (AvgIpc) is 2.90. The van der Waals surface area contributed by atoms with Crippen LogP contribution in [0.25, 0.3) is 0 Å². The Labute approximate surface area is 120 Å². The number of benzene rings is 1. The van der Waals surface area contributed by atoms with E-state index in [-0.39, 0.29) is 16.7 Å². The van der Waals surface area contributed by atoms with Crippen LogP contribution in [0, 0.1) is 0 Å². The van der Waals surface area contributed by atoms with E-state index in [1.165, 1.54) is 5.56 Å². The van der Waals surface area contributed by atoms with E-state index in [9.17, 15) is 9.59 Å². The lowest BCUT2D eigenvalue weighted by Crippen LogP contribution is -2.38. The van der Waals surface area contributed by atoms with Crippen molar-refractivity contribution in [1.82, 2.24) is 15.6 Å². The standard InChI is InChI=1S/C14H15N3O2S/c18-13(16-6-10-8-20-14(19)17-10)12-7-15-5-9-3-1-2-4-11(9)12/h1-4,8,12,15H,5-7H2,(H,16,18)(H,17,19). The molecule has 3 rings (SSSR count). The van der Waals surface area contributed by atoms with Gasteiger partial charge in [0.15, 0.2) is 0 Å². The first-order chi connectivity index (χ1) is 9.74. The van der Waals surface area contributed by atoms with Gasteiger partial charge < -0.3 is 15.6 Å². The fraction of sp³-hybridized carbons (Fsp3) is 0.286. The highest BCUT2D eigenvalue weighted by Gasteiger charge is 2.25. The second-order valence-corrected chi connectivity index (χ2v) is 5.62. The molecule has 1 aromatic carbocycles. The van der Waals surface area contributed by atoms with Gasteiger partial charge in [0.1, 0.15) is 0 Å². The molecule has 6 heteroatoms. The van der Waals surface area contributed by atoms with Crippen molar-refractivity contribution in [1.29, 1.82) is 0 Å². The second kappa shape index (κ2) is 5.60. The third-order valence-corrected chi connectivity index (χ3v) is 4.15. The number of aromatic amines is 1. The predicted molar refractivity (Wildman–Crippen MR) is 77.7 cm³/mol. The smallest absolute Gasteiger partial charge is 0.304 e. The summed E-state index contributed by atoms with van der Waals surface area (Å²) in [5, 5.41) is 7.87. The van der Waals surface area contributed by atoms with Crippen molar-refractivity contribution in [3.05, 3.63) is 56.1 Å². The van der Waals surface area contributed by atoms with Crippen molar-refractivity contribution in [3.8, 4) is 0 Å². The molecule has 0 saturated carbocycles. The van der Waals surface area contributed by atoms with Crippen molar-refractivity contribution >= 4 is 17.2 Å². The number of hydrogen-bond donors (Lipinski definition) is 3. The van der Waals surface area contributed by atoms with Gasteiger partial charge in [-0.1, -0.05) is 35.6 Å². The van der Waals surface area contributed by atoms with Crippen molar-refractivity contribution < 1.29 is 4.79 Å². The molecule has 0 spiro atoms. The Kier molecular flexibility index (Phi) is 3.66. The number of nitrogens with one attached hydrogen (secondary N) is 3. The van der Waals surface area contributed by atoms with Crippen LogP contribution in [0.4, 0.5) is 0 Å². The summed E-state index contributed by atoms with van der Waals surface area (Å²) in [5.74, 6) is -0.193. The molecule has 0 fully saturated rings. The molecule has 104 valence electrons. The van der Waals surface area contributed by atoms with E-state index < -0.39 is 0 Å². The van der Waals surface area contributed by atoms with Gasteiger partial charge >= 0.3 is 4.87 Å². The molecule has 3 N–H and O–H groups in total. The predicted octanol–water partition coefficient (Wildman–Crippen LogP) is 0.940. The lowest BCUT2D eigenvalue weighted by Gasteiger charge is -2.25. The Balaban J connectivity index is 1.70. The molecule has 2 aromatic rings. The molecule has 0 radical (unpaired) electrons. The zero-order valence-electron chi connectivity index (χ0n) is 10.8. The number of thiazole rings is 1. The maximum atomic E-state index is 12.3. The number of carbonyl (C=O) groups excluding carboxylic acids is 1. The van der Waals surface area contributed by atoms with Crippen molar-refractivity contribution in [2.24, 2.45) is 0 Å². The Bertz CT molecular complexity index is 677. The topological polar surface area (TPSA) is 74.0 Å². The Hall–Kier alpha value is -1.92. The number of fused-ring (bicyclic) bond motifs is 1. The van der Waals surface area contributed by atoms with Crippen LogP contribution in [0.2, 0.25) is 0 Å². The summed E-state index contributed by atoms with van der Waals surface area (Å²) in [6.45, 7) is 1.80. The van der Waals surface area contributed by atoms with Crippen LogP contribution in [-0.4, -0.2) is 17.4 Å². The quantitative estimate of drug-likeness (QED) is 0.787. The van der Waals surface area contributed by atoms with E-state index in [0.29, 0.717) is 13.1 Å². The molecule has 5 nitrogen and oxygen atoms in total. The highest BCUT2D eigenvalue weighted by Crippen LogP contribution is 2.23.